The number of hydrogen-bond acceptors (Lipinski definition) is 3. The summed E-state index contributed by atoms with van der Waals surface area (Å²) in [6.07, 6.45) is 1.48. The number of nitrogens with zero attached hydrogens (tertiary/aromatic N) is 1. The number of carbonyl (C=O) groups excluding carboxylic acids is 1. The summed E-state index contributed by atoms with van der Waals surface area (Å²) in [5, 5.41) is 0.701. The maximum absolute atomic E-state index is 11.3. The van der Waals surface area contributed by atoms with Crippen LogP contribution >= 0.6 is 39.1 Å². The van der Waals surface area contributed by atoms with Crippen molar-refractivity contribution in [2.75, 3.05) is 6.61 Å². The molecule has 1 heterocycles. The molecule has 0 bridgehead atoms. The minimum Gasteiger partial charge on any atom is -0.466 e. The van der Waals surface area contributed by atoms with Gasteiger partial charge in [-0.2, -0.15) is 0 Å². The Morgan fingerprint density at radius 3 is 2.87 bits per heavy atom. The van der Waals surface area contributed by atoms with Gasteiger partial charge in [0.25, 0.3) is 0 Å². The Balaban J connectivity index is 2.93. The van der Waals surface area contributed by atoms with Gasteiger partial charge in [0.15, 0.2) is 0 Å². The van der Waals surface area contributed by atoms with Crippen LogP contribution in [0.25, 0.3) is 0 Å². The van der Waals surface area contributed by atoms with Crippen LogP contribution < -0.4 is 0 Å². The lowest BCUT2D eigenvalue weighted by Gasteiger charge is -2.07. The zero-order chi connectivity index (χ0) is 11.4. The van der Waals surface area contributed by atoms with E-state index in [0.29, 0.717) is 26.8 Å². The molecule has 0 saturated heterocycles. The largest absolute Gasteiger partial charge is 0.466 e. The molecule has 0 atom stereocenters. The lowest BCUT2D eigenvalue weighted by Crippen LogP contribution is -2.08. The van der Waals surface area contributed by atoms with Crippen LogP contribution in [0.1, 0.15) is 12.5 Å². The van der Waals surface area contributed by atoms with E-state index in [-0.39, 0.29) is 12.4 Å². The smallest absolute Gasteiger partial charge is 0.310 e. The standard InChI is InChI=1S/C9H8BrCl2NO2/c1-2-15-7(14)3-5-6(11)4-13-9(10)8(5)12/h4H,2-3H2,1H3. The van der Waals surface area contributed by atoms with E-state index in [1.54, 1.807) is 6.92 Å². The van der Waals surface area contributed by atoms with Crippen molar-refractivity contribution in [2.45, 2.75) is 13.3 Å². The van der Waals surface area contributed by atoms with Crippen LogP contribution in [-0.4, -0.2) is 17.6 Å². The van der Waals surface area contributed by atoms with Crippen molar-refractivity contribution in [2.24, 2.45) is 0 Å². The summed E-state index contributed by atoms with van der Waals surface area (Å²) >= 11 is 15.0. The molecule has 3 nitrogen and oxygen atoms in total. The predicted molar refractivity (Wildman–Crippen MR) is 62.3 cm³/mol. The molecular formula is C9H8BrCl2NO2. The molecule has 1 aromatic rings. The molecule has 0 saturated carbocycles. The van der Waals surface area contributed by atoms with Gasteiger partial charge >= 0.3 is 5.97 Å². The first-order valence-corrected chi connectivity index (χ1v) is 5.75. The number of aromatic nitrogens is 1. The fourth-order valence-corrected chi connectivity index (χ4v) is 1.81. The number of pyridine rings is 1. The highest BCUT2D eigenvalue weighted by Gasteiger charge is 2.14. The summed E-state index contributed by atoms with van der Waals surface area (Å²) in [4.78, 5) is 15.1. The van der Waals surface area contributed by atoms with Crippen LogP contribution in [0.5, 0.6) is 0 Å². The number of rotatable bonds is 3. The third kappa shape index (κ3) is 3.33. The Bertz CT molecular complexity index is 385. The van der Waals surface area contributed by atoms with Crippen molar-refractivity contribution >= 4 is 45.1 Å². The molecule has 0 fully saturated rings. The first kappa shape index (κ1) is 12.7. The van der Waals surface area contributed by atoms with Gasteiger partial charge in [-0.3, -0.25) is 4.79 Å². The van der Waals surface area contributed by atoms with Crippen molar-refractivity contribution in [3.8, 4) is 0 Å². The van der Waals surface area contributed by atoms with Crippen LogP contribution in [0.15, 0.2) is 10.8 Å². The molecule has 0 unspecified atom stereocenters. The second-order valence-electron chi connectivity index (χ2n) is 2.67. The van der Waals surface area contributed by atoms with E-state index in [1.807, 2.05) is 0 Å². The molecule has 6 heteroatoms. The second kappa shape index (κ2) is 5.68. The zero-order valence-electron chi connectivity index (χ0n) is 7.89. The summed E-state index contributed by atoms with van der Waals surface area (Å²) < 4.78 is 5.27. The quantitative estimate of drug-likeness (QED) is 0.635. The molecule has 0 aliphatic carbocycles. The van der Waals surface area contributed by atoms with E-state index in [1.165, 1.54) is 6.20 Å². The topological polar surface area (TPSA) is 39.2 Å². The van der Waals surface area contributed by atoms with Crippen LogP contribution in [0.2, 0.25) is 10.0 Å². The van der Waals surface area contributed by atoms with E-state index in [2.05, 4.69) is 20.9 Å². The predicted octanol–water partition coefficient (Wildman–Crippen LogP) is 3.26. The molecule has 0 radical (unpaired) electrons. The van der Waals surface area contributed by atoms with Crippen molar-refractivity contribution < 1.29 is 9.53 Å². The first-order valence-electron chi connectivity index (χ1n) is 4.20. The summed E-state index contributed by atoms with van der Waals surface area (Å²) in [7, 11) is 0. The average Bonchev–Trinajstić information content (AvgIpc) is 2.19. The number of carbonyl (C=O) groups is 1. The summed E-state index contributed by atoms with van der Waals surface area (Å²) in [5.41, 5.74) is 0.527. The van der Waals surface area contributed by atoms with Gasteiger partial charge in [-0.1, -0.05) is 23.2 Å². The Morgan fingerprint density at radius 2 is 2.27 bits per heavy atom. The fourth-order valence-electron chi connectivity index (χ4n) is 0.996. The summed E-state index contributed by atoms with van der Waals surface area (Å²) in [5.74, 6) is -0.362. The number of halogens is 3. The lowest BCUT2D eigenvalue weighted by atomic mass is 10.2. The number of esters is 1. The molecule has 1 rings (SSSR count). The monoisotopic (exact) mass is 311 g/mol. The highest BCUT2D eigenvalue weighted by Crippen LogP contribution is 2.30. The van der Waals surface area contributed by atoms with E-state index in [9.17, 15) is 4.79 Å². The highest BCUT2D eigenvalue weighted by molar-refractivity contribution is 9.10. The molecule has 0 aliphatic rings. The maximum Gasteiger partial charge on any atom is 0.310 e. The Labute approximate surface area is 106 Å². The molecule has 0 N–H and O–H groups in total. The minimum absolute atomic E-state index is 0.0482. The van der Waals surface area contributed by atoms with Gasteiger partial charge in [0.1, 0.15) is 4.60 Å². The number of hydrogen-bond donors (Lipinski definition) is 0. The third-order valence-electron chi connectivity index (χ3n) is 1.65. The Kier molecular flexibility index (Phi) is 4.83. The number of ether oxygens (including phenoxy) is 1. The fraction of sp³-hybridized carbons (Fsp3) is 0.333. The SMILES string of the molecule is CCOC(=O)Cc1c(Cl)cnc(Br)c1Cl. The second-order valence-corrected chi connectivity index (χ2v) is 4.21. The Hall–Kier alpha value is -0.320. The molecule has 0 aromatic carbocycles. The highest BCUT2D eigenvalue weighted by atomic mass is 79.9. The van der Waals surface area contributed by atoms with Crippen molar-refractivity contribution in [1.82, 2.24) is 4.98 Å². The molecule has 0 aliphatic heterocycles. The zero-order valence-corrected chi connectivity index (χ0v) is 11.0. The normalized spacial score (nSPS) is 10.1. The molecule has 0 spiro atoms. The summed E-state index contributed by atoms with van der Waals surface area (Å²) in [6, 6.07) is 0. The lowest BCUT2D eigenvalue weighted by molar-refractivity contribution is -0.142. The van der Waals surface area contributed by atoms with E-state index in [4.69, 9.17) is 27.9 Å². The molecule has 15 heavy (non-hydrogen) atoms. The van der Waals surface area contributed by atoms with Gasteiger partial charge in [-0.05, 0) is 22.9 Å². The Morgan fingerprint density at radius 1 is 1.60 bits per heavy atom. The van der Waals surface area contributed by atoms with Gasteiger partial charge in [-0.25, -0.2) is 4.98 Å². The molecule has 1 aromatic heterocycles. The van der Waals surface area contributed by atoms with Crippen molar-refractivity contribution in [1.29, 1.82) is 0 Å². The van der Waals surface area contributed by atoms with Gasteiger partial charge in [0, 0.05) is 11.8 Å². The van der Waals surface area contributed by atoms with Crippen LogP contribution in [0.3, 0.4) is 0 Å². The van der Waals surface area contributed by atoms with Crippen LogP contribution in [0.4, 0.5) is 0 Å². The van der Waals surface area contributed by atoms with Gasteiger partial charge < -0.3 is 4.74 Å². The first-order chi connectivity index (χ1) is 7.06. The van der Waals surface area contributed by atoms with Crippen molar-refractivity contribution in [3.05, 3.63) is 26.4 Å². The summed E-state index contributed by atoms with van der Waals surface area (Å²) in [6.45, 7) is 2.07. The molecule has 0 amide bonds. The average molecular weight is 313 g/mol. The van der Waals surface area contributed by atoms with Crippen LogP contribution in [0, 0.1) is 0 Å². The molecule has 82 valence electrons. The van der Waals surface area contributed by atoms with E-state index < -0.39 is 0 Å². The maximum atomic E-state index is 11.3. The van der Waals surface area contributed by atoms with E-state index >= 15 is 0 Å². The molecular weight excluding hydrogens is 305 g/mol. The van der Waals surface area contributed by atoms with Crippen molar-refractivity contribution in [3.63, 3.8) is 0 Å². The van der Waals surface area contributed by atoms with Gasteiger partial charge in [0.2, 0.25) is 0 Å². The van der Waals surface area contributed by atoms with E-state index in [0.717, 1.165) is 0 Å². The van der Waals surface area contributed by atoms with Gasteiger partial charge in [0.05, 0.1) is 23.1 Å². The third-order valence-corrected chi connectivity index (χ3v) is 3.21. The van der Waals surface area contributed by atoms with Crippen LogP contribution in [-0.2, 0) is 16.0 Å². The van der Waals surface area contributed by atoms with Gasteiger partial charge in [-0.15, -0.1) is 0 Å². The minimum atomic E-state index is -0.362.